The molecule has 1 atom stereocenters. The Morgan fingerprint density at radius 1 is 1.00 bits per heavy atom. The molecule has 0 unspecified atom stereocenters. The highest BCUT2D eigenvalue weighted by Crippen LogP contribution is 2.24. The zero-order valence-corrected chi connectivity index (χ0v) is 21.3. The molecule has 0 aromatic heterocycles. The molecule has 0 saturated carbocycles. The summed E-state index contributed by atoms with van der Waals surface area (Å²) in [6.45, 7) is 1.12. The van der Waals surface area contributed by atoms with Gasteiger partial charge in [-0.3, -0.25) is 9.59 Å². The number of rotatable bonds is 8. The zero-order valence-electron chi connectivity index (χ0n) is 19.0. The number of benzene rings is 3. The van der Waals surface area contributed by atoms with Crippen molar-refractivity contribution in [2.75, 3.05) is 20.6 Å². The van der Waals surface area contributed by atoms with Crippen molar-refractivity contribution in [2.45, 2.75) is 24.4 Å². The molecule has 0 saturated heterocycles. The van der Waals surface area contributed by atoms with Crippen molar-refractivity contribution in [3.05, 3.63) is 76.3 Å². The average Bonchev–Trinajstić information content (AvgIpc) is 2.82. The van der Waals surface area contributed by atoms with E-state index in [9.17, 15) is 18.0 Å². The van der Waals surface area contributed by atoms with Crippen molar-refractivity contribution in [1.29, 1.82) is 0 Å². The van der Waals surface area contributed by atoms with Crippen LogP contribution in [0.4, 0.5) is 0 Å². The summed E-state index contributed by atoms with van der Waals surface area (Å²) in [4.78, 5) is 27.0. The Balaban J connectivity index is 1.86. The van der Waals surface area contributed by atoms with Crippen LogP contribution in [0.3, 0.4) is 0 Å². The fourth-order valence-corrected chi connectivity index (χ4v) is 5.12. The van der Waals surface area contributed by atoms with Crippen molar-refractivity contribution in [3.8, 4) is 0 Å². The van der Waals surface area contributed by atoms with Crippen LogP contribution in [0.1, 0.15) is 12.5 Å². The minimum Gasteiger partial charge on any atom is -0.357 e. The molecule has 3 aromatic carbocycles. The Hall–Kier alpha value is -2.65. The van der Waals surface area contributed by atoms with Gasteiger partial charge in [0.1, 0.15) is 6.04 Å². The van der Waals surface area contributed by atoms with E-state index in [1.54, 1.807) is 37.3 Å². The predicted octanol–water partition coefficient (Wildman–Crippen LogP) is 3.93. The molecule has 1 N–H and O–H groups in total. The molecule has 3 aromatic rings. The molecular weight excluding hydrogens is 497 g/mol. The van der Waals surface area contributed by atoms with Gasteiger partial charge in [0, 0.05) is 30.7 Å². The monoisotopic (exact) mass is 521 g/mol. The number of nitrogens with one attached hydrogen (secondary N) is 1. The molecular formula is C24H25Cl2N3O4S. The first-order chi connectivity index (χ1) is 16.0. The minimum atomic E-state index is -3.96. The van der Waals surface area contributed by atoms with Crippen LogP contribution in [-0.2, 0) is 26.2 Å². The molecule has 3 rings (SSSR count). The normalized spacial score (nSPS) is 12.5. The molecule has 0 aliphatic heterocycles. The van der Waals surface area contributed by atoms with Gasteiger partial charge in [-0.15, -0.1) is 0 Å². The molecule has 0 radical (unpaired) electrons. The highest BCUT2D eigenvalue weighted by Gasteiger charge is 2.30. The number of carbonyl (C=O) groups excluding carboxylic acids is 2. The number of sulfonamides is 1. The first kappa shape index (κ1) is 26.0. The Labute approximate surface area is 209 Å². The number of carbonyl (C=O) groups is 2. The van der Waals surface area contributed by atoms with Gasteiger partial charge in [-0.05, 0) is 47.5 Å². The number of fused-ring (bicyclic) bond motifs is 1. The highest BCUT2D eigenvalue weighted by atomic mass is 35.5. The van der Waals surface area contributed by atoms with Gasteiger partial charge < -0.3 is 10.2 Å². The van der Waals surface area contributed by atoms with E-state index in [1.807, 2.05) is 24.3 Å². The molecule has 0 spiro atoms. The molecule has 0 bridgehead atoms. The van der Waals surface area contributed by atoms with Gasteiger partial charge in [0.2, 0.25) is 21.8 Å². The third-order valence-corrected chi connectivity index (χ3v) is 7.94. The Kier molecular flexibility index (Phi) is 8.20. The number of nitrogens with zero attached hydrogens (tertiary/aromatic N) is 2. The summed E-state index contributed by atoms with van der Waals surface area (Å²) in [5.41, 5.74) is 0.579. The fraction of sp³-hybridized carbons (Fsp3) is 0.250. The van der Waals surface area contributed by atoms with Crippen molar-refractivity contribution in [3.63, 3.8) is 0 Å². The molecule has 0 aliphatic carbocycles. The van der Waals surface area contributed by atoms with Crippen LogP contribution < -0.4 is 5.32 Å². The molecule has 2 amide bonds. The summed E-state index contributed by atoms with van der Waals surface area (Å²) in [6.07, 6.45) is 0. The number of amides is 2. The van der Waals surface area contributed by atoms with E-state index < -0.39 is 34.4 Å². The van der Waals surface area contributed by atoms with Crippen LogP contribution >= 0.6 is 23.2 Å². The number of likely N-dealkylation sites (N-methyl/N-ethyl adjacent to an activating group) is 2. The molecule has 0 fully saturated rings. The second kappa shape index (κ2) is 10.7. The summed E-state index contributed by atoms with van der Waals surface area (Å²) >= 11 is 12.2. The number of hydrogen-bond acceptors (Lipinski definition) is 4. The predicted molar refractivity (Wildman–Crippen MR) is 134 cm³/mol. The van der Waals surface area contributed by atoms with E-state index >= 15 is 0 Å². The van der Waals surface area contributed by atoms with Gasteiger partial charge in [-0.25, -0.2) is 8.42 Å². The minimum absolute atomic E-state index is 0.00723. The lowest BCUT2D eigenvalue weighted by molar-refractivity contribution is -0.140. The molecule has 180 valence electrons. The zero-order chi connectivity index (χ0) is 25.0. The van der Waals surface area contributed by atoms with Crippen LogP contribution in [0.2, 0.25) is 10.0 Å². The Morgan fingerprint density at radius 3 is 2.32 bits per heavy atom. The molecule has 10 heteroatoms. The van der Waals surface area contributed by atoms with Crippen molar-refractivity contribution < 1.29 is 18.0 Å². The second-order valence-electron chi connectivity index (χ2n) is 7.82. The molecule has 0 heterocycles. The van der Waals surface area contributed by atoms with Crippen LogP contribution in [0, 0.1) is 0 Å². The van der Waals surface area contributed by atoms with Gasteiger partial charge >= 0.3 is 0 Å². The average molecular weight is 522 g/mol. The van der Waals surface area contributed by atoms with E-state index in [1.165, 1.54) is 25.1 Å². The summed E-state index contributed by atoms with van der Waals surface area (Å²) < 4.78 is 27.3. The summed E-state index contributed by atoms with van der Waals surface area (Å²) in [5, 5.41) is 4.98. The number of halogens is 2. The van der Waals surface area contributed by atoms with Gasteiger partial charge in [-0.2, -0.15) is 4.31 Å². The third-order valence-electron chi connectivity index (χ3n) is 5.56. The smallest absolute Gasteiger partial charge is 0.243 e. The first-order valence-corrected chi connectivity index (χ1v) is 12.6. The maximum Gasteiger partial charge on any atom is 0.243 e. The van der Waals surface area contributed by atoms with Crippen molar-refractivity contribution >= 4 is 55.8 Å². The van der Waals surface area contributed by atoms with Crippen LogP contribution in [-0.4, -0.2) is 56.1 Å². The van der Waals surface area contributed by atoms with Crippen LogP contribution in [0.25, 0.3) is 10.8 Å². The Morgan fingerprint density at radius 2 is 1.68 bits per heavy atom. The van der Waals surface area contributed by atoms with E-state index in [4.69, 9.17) is 23.2 Å². The summed E-state index contributed by atoms with van der Waals surface area (Å²) in [7, 11) is -1.16. The maximum atomic E-state index is 13.3. The quantitative estimate of drug-likeness (QED) is 0.486. The lowest BCUT2D eigenvalue weighted by Gasteiger charge is -2.30. The van der Waals surface area contributed by atoms with Gasteiger partial charge in [0.15, 0.2) is 0 Å². The highest BCUT2D eigenvalue weighted by molar-refractivity contribution is 7.89. The molecule has 34 heavy (non-hydrogen) atoms. The van der Waals surface area contributed by atoms with Crippen LogP contribution in [0.5, 0.6) is 0 Å². The standard InChI is InChI=1S/C24H25Cl2N3O4S/c1-16(24(31)27-2)29(14-19-8-10-20(25)13-22(19)26)23(30)15-28(3)34(32,33)21-11-9-17-6-4-5-7-18(17)12-21/h4-13,16H,14-15H2,1-3H3,(H,27,31)/t16-/m0/s1. The SMILES string of the molecule is CNC(=O)[C@H](C)N(Cc1ccc(Cl)cc1Cl)C(=O)CN(C)S(=O)(=O)c1ccc2ccccc2c1. The van der Waals surface area contributed by atoms with E-state index in [-0.39, 0.29) is 11.4 Å². The molecule has 0 aliphatic rings. The van der Waals surface area contributed by atoms with Crippen LogP contribution in [0.15, 0.2) is 65.6 Å². The van der Waals surface area contributed by atoms with E-state index in [2.05, 4.69) is 5.32 Å². The van der Waals surface area contributed by atoms with Crippen molar-refractivity contribution in [1.82, 2.24) is 14.5 Å². The van der Waals surface area contributed by atoms with Gasteiger partial charge in [-0.1, -0.05) is 59.6 Å². The number of hydrogen-bond donors (Lipinski definition) is 1. The lowest BCUT2D eigenvalue weighted by Crippen LogP contribution is -2.50. The van der Waals surface area contributed by atoms with E-state index in [0.29, 0.717) is 15.6 Å². The topological polar surface area (TPSA) is 86.8 Å². The first-order valence-electron chi connectivity index (χ1n) is 10.4. The third kappa shape index (κ3) is 5.70. The molecule has 7 nitrogen and oxygen atoms in total. The lowest BCUT2D eigenvalue weighted by atomic mass is 10.1. The summed E-state index contributed by atoms with van der Waals surface area (Å²) in [6, 6.07) is 16.2. The van der Waals surface area contributed by atoms with E-state index in [0.717, 1.165) is 15.1 Å². The maximum absolute atomic E-state index is 13.3. The fourth-order valence-electron chi connectivity index (χ4n) is 3.50. The van der Waals surface area contributed by atoms with Gasteiger partial charge in [0.05, 0.1) is 11.4 Å². The largest absolute Gasteiger partial charge is 0.357 e. The second-order valence-corrected chi connectivity index (χ2v) is 10.7. The van der Waals surface area contributed by atoms with Crippen molar-refractivity contribution in [2.24, 2.45) is 0 Å². The summed E-state index contributed by atoms with van der Waals surface area (Å²) in [5.74, 6) is -0.938. The van der Waals surface area contributed by atoms with Gasteiger partial charge in [0.25, 0.3) is 0 Å². The Bertz CT molecular complexity index is 1330.